The van der Waals surface area contributed by atoms with E-state index in [-0.39, 0.29) is 16.9 Å². The molecule has 92 valence electrons. The van der Waals surface area contributed by atoms with E-state index in [0.717, 1.165) is 0 Å². The van der Waals surface area contributed by atoms with E-state index < -0.39 is 0 Å². The average molecular weight is 336 g/mol. The fourth-order valence-electron chi connectivity index (χ4n) is 1.22. The molecule has 3 nitrogen and oxygen atoms in total. The Labute approximate surface area is 119 Å². The summed E-state index contributed by atoms with van der Waals surface area (Å²) in [5, 5.41) is 0.507. The van der Waals surface area contributed by atoms with Crippen molar-refractivity contribution < 1.29 is 4.79 Å². The van der Waals surface area contributed by atoms with E-state index in [1.807, 2.05) is 0 Å². The van der Waals surface area contributed by atoms with E-state index in [9.17, 15) is 4.79 Å². The topological polar surface area (TPSA) is 46.3 Å². The highest BCUT2D eigenvalue weighted by Gasteiger charge is 2.21. The molecule has 1 unspecified atom stereocenters. The first kappa shape index (κ1) is 14.4. The number of nitrogens with zero attached hydrogens (tertiary/aromatic N) is 1. The molecule has 1 aromatic rings. The van der Waals surface area contributed by atoms with Crippen molar-refractivity contribution in [2.75, 3.05) is 7.05 Å². The Morgan fingerprint density at radius 3 is 2.71 bits per heavy atom. The summed E-state index contributed by atoms with van der Waals surface area (Å²) in [6.07, 6.45) is 0. The molecule has 0 aliphatic carbocycles. The van der Waals surface area contributed by atoms with Crippen LogP contribution in [0.3, 0.4) is 0 Å². The third-order valence-electron chi connectivity index (χ3n) is 2.47. The molecule has 0 spiro atoms. The number of halogens is 2. The fraction of sp³-hybridized carbons (Fsp3) is 0.273. The molecule has 0 fully saturated rings. The predicted molar refractivity (Wildman–Crippen MR) is 77.5 cm³/mol. The molecule has 0 radical (unpaired) electrons. The van der Waals surface area contributed by atoms with Crippen molar-refractivity contribution >= 4 is 50.6 Å². The van der Waals surface area contributed by atoms with Gasteiger partial charge in [0.1, 0.15) is 0 Å². The number of carbonyl (C=O) groups is 1. The zero-order valence-electron chi connectivity index (χ0n) is 9.41. The first-order valence-corrected chi connectivity index (χ1v) is 6.44. The molecule has 0 aliphatic rings. The highest BCUT2D eigenvalue weighted by Crippen LogP contribution is 2.22. The zero-order valence-corrected chi connectivity index (χ0v) is 12.6. The van der Waals surface area contributed by atoms with Gasteiger partial charge in [-0.3, -0.25) is 4.79 Å². The van der Waals surface area contributed by atoms with Gasteiger partial charge in [-0.1, -0.05) is 23.8 Å². The van der Waals surface area contributed by atoms with Gasteiger partial charge < -0.3 is 10.6 Å². The number of nitrogens with two attached hydrogens (primary N) is 1. The number of hydrogen-bond acceptors (Lipinski definition) is 2. The second kappa shape index (κ2) is 5.80. The summed E-state index contributed by atoms with van der Waals surface area (Å²) in [4.78, 5) is 13.9. The molecular weight excluding hydrogens is 324 g/mol. The average Bonchev–Trinajstić information content (AvgIpc) is 2.29. The highest BCUT2D eigenvalue weighted by atomic mass is 79.9. The molecule has 17 heavy (non-hydrogen) atoms. The molecule has 0 heterocycles. The molecule has 0 aromatic heterocycles. The van der Waals surface area contributed by atoms with Gasteiger partial charge in [-0.25, -0.2) is 0 Å². The van der Waals surface area contributed by atoms with E-state index in [0.29, 0.717) is 15.1 Å². The lowest BCUT2D eigenvalue weighted by molar-refractivity contribution is 0.0778. The number of hydrogen-bond donors (Lipinski definition) is 1. The maximum absolute atomic E-state index is 12.2. The number of amides is 1. The monoisotopic (exact) mass is 334 g/mol. The van der Waals surface area contributed by atoms with E-state index in [1.54, 1.807) is 32.2 Å². The van der Waals surface area contributed by atoms with Gasteiger partial charge in [-0.15, -0.1) is 0 Å². The van der Waals surface area contributed by atoms with Gasteiger partial charge in [0.15, 0.2) is 0 Å². The van der Waals surface area contributed by atoms with Crippen LogP contribution in [0.15, 0.2) is 22.7 Å². The molecule has 1 aromatic carbocycles. The lowest BCUT2D eigenvalue weighted by Crippen LogP contribution is -2.42. The number of thiocarbonyl (C=S) groups is 1. The third kappa shape index (κ3) is 3.40. The zero-order chi connectivity index (χ0) is 13.2. The van der Waals surface area contributed by atoms with Gasteiger partial charge >= 0.3 is 0 Å². The Kier molecular flexibility index (Phi) is 4.91. The summed E-state index contributed by atoms with van der Waals surface area (Å²) >= 11 is 14.0. The van der Waals surface area contributed by atoms with Crippen molar-refractivity contribution in [3.63, 3.8) is 0 Å². The van der Waals surface area contributed by atoms with Crippen LogP contribution >= 0.6 is 39.7 Å². The van der Waals surface area contributed by atoms with Crippen LogP contribution in [-0.2, 0) is 0 Å². The number of benzene rings is 1. The largest absolute Gasteiger partial charge is 0.392 e. The molecule has 0 saturated heterocycles. The quantitative estimate of drug-likeness (QED) is 0.864. The summed E-state index contributed by atoms with van der Waals surface area (Å²) in [6.45, 7) is 1.78. The van der Waals surface area contributed by atoms with Gasteiger partial charge in [0, 0.05) is 16.5 Å². The number of rotatable bonds is 3. The molecule has 2 N–H and O–H groups in total. The second-order valence-corrected chi connectivity index (χ2v) is 5.38. The Hall–Kier alpha value is -0.650. The van der Waals surface area contributed by atoms with Gasteiger partial charge in [-0.05, 0) is 41.1 Å². The molecular formula is C11H12BrClN2OS. The summed E-state index contributed by atoms with van der Waals surface area (Å²) < 4.78 is 0.689. The Balaban J connectivity index is 3.04. The van der Waals surface area contributed by atoms with Crippen LogP contribution in [0, 0.1) is 0 Å². The molecule has 1 atom stereocenters. The molecule has 1 rings (SSSR count). The third-order valence-corrected chi connectivity index (χ3v) is 3.74. The lowest BCUT2D eigenvalue weighted by Gasteiger charge is -2.24. The first-order valence-electron chi connectivity index (χ1n) is 4.86. The molecule has 0 bridgehead atoms. The summed E-state index contributed by atoms with van der Waals surface area (Å²) in [7, 11) is 1.65. The number of carbonyl (C=O) groups excluding carboxylic acids is 1. The second-order valence-electron chi connectivity index (χ2n) is 3.62. The van der Waals surface area contributed by atoms with Gasteiger partial charge in [0.05, 0.1) is 16.6 Å². The minimum atomic E-state index is -0.302. The molecule has 0 aliphatic heterocycles. The van der Waals surface area contributed by atoms with Crippen LogP contribution in [0.1, 0.15) is 17.3 Å². The van der Waals surface area contributed by atoms with E-state index >= 15 is 0 Å². The SMILES string of the molecule is CC(C(N)=S)N(C)C(=O)c1cc(Cl)ccc1Br. The molecule has 1 amide bonds. The van der Waals surface area contributed by atoms with Gasteiger partial charge in [0.25, 0.3) is 5.91 Å². The Bertz CT molecular complexity index is 467. The van der Waals surface area contributed by atoms with Crippen LogP contribution in [0.2, 0.25) is 5.02 Å². The smallest absolute Gasteiger partial charge is 0.255 e. The van der Waals surface area contributed by atoms with E-state index in [2.05, 4.69) is 15.9 Å². The maximum atomic E-state index is 12.2. The minimum Gasteiger partial charge on any atom is -0.392 e. The van der Waals surface area contributed by atoms with Crippen LogP contribution in [0.4, 0.5) is 0 Å². The minimum absolute atomic E-state index is 0.181. The standard InChI is InChI=1S/C11H12BrClN2OS/c1-6(10(14)17)15(2)11(16)8-5-7(13)3-4-9(8)12/h3-6H,1-2H3,(H2,14,17). The predicted octanol–water partition coefficient (Wildman–Crippen LogP) is 2.85. The maximum Gasteiger partial charge on any atom is 0.255 e. The molecule has 0 saturated carbocycles. The van der Waals surface area contributed by atoms with Crippen LogP contribution < -0.4 is 5.73 Å². The molecule has 6 heteroatoms. The normalized spacial score (nSPS) is 12.0. The van der Waals surface area contributed by atoms with Gasteiger partial charge in [-0.2, -0.15) is 0 Å². The van der Waals surface area contributed by atoms with Crippen LogP contribution in [-0.4, -0.2) is 28.9 Å². The first-order chi connectivity index (χ1) is 7.84. The Morgan fingerprint density at radius 1 is 1.59 bits per heavy atom. The van der Waals surface area contributed by atoms with Gasteiger partial charge in [0.2, 0.25) is 0 Å². The number of likely N-dealkylation sites (N-methyl/N-ethyl adjacent to an activating group) is 1. The summed E-state index contributed by atoms with van der Waals surface area (Å²) in [5.41, 5.74) is 6.01. The van der Waals surface area contributed by atoms with Crippen molar-refractivity contribution in [3.8, 4) is 0 Å². The van der Waals surface area contributed by atoms with Crippen molar-refractivity contribution in [2.24, 2.45) is 5.73 Å². The van der Waals surface area contributed by atoms with Crippen molar-refractivity contribution in [2.45, 2.75) is 13.0 Å². The van der Waals surface area contributed by atoms with Crippen molar-refractivity contribution in [1.82, 2.24) is 4.90 Å². The van der Waals surface area contributed by atoms with Crippen molar-refractivity contribution in [3.05, 3.63) is 33.3 Å². The van der Waals surface area contributed by atoms with Crippen LogP contribution in [0.5, 0.6) is 0 Å². The fourth-order valence-corrected chi connectivity index (χ4v) is 1.96. The van der Waals surface area contributed by atoms with E-state index in [1.165, 1.54) is 4.90 Å². The summed E-state index contributed by atoms with van der Waals surface area (Å²) in [5.74, 6) is -0.181. The lowest BCUT2D eigenvalue weighted by atomic mass is 10.2. The van der Waals surface area contributed by atoms with Crippen molar-refractivity contribution in [1.29, 1.82) is 0 Å². The Morgan fingerprint density at radius 2 is 2.18 bits per heavy atom. The van der Waals surface area contributed by atoms with E-state index in [4.69, 9.17) is 29.6 Å². The summed E-state index contributed by atoms with van der Waals surface area (Å²) in [6, 6.07) is 4.74. The highest BCUT2D eigenvalue weighted by molar-refractivity contribution is 9.10. The van der Waals surface area contributed by atoms with Crippen LogP contribution in [0.25, 0.3) is 0 Å².